The molecule has 0 spiro atoms. The van der Waals surface area contributed by atoms with Gasteiger partial charge < -0.3 is 9.47 Å². The topological polar surface area (TPSA) is 59.3 Å². The molecule has 0 radical (unpaired) electrons. The van der Waals surface area contributed by atoms with E-state index in [2.05, 4.69) is 22.5 Å². The fourth-order valence-corrected chi connectivity index (χ4v) is 1.70. The zero-order chi connectivity index (χ0) is 14.3. The highest BCUT2D eigenvalue weighted by Crippen LogP contribution is 2.25. The molecule has 0 fully saturated rings. The Bertz CT molecular complexity index is 558. The van der Waals surface area contributed by atoms with Crippen molar-refractivity contribution < 1.29 is 14.3 Å². The van der Waals surface area contributed by atoms with Gasteiger partial charge in [-0.3, -0.25) is 0 Å². The third-order valence-corrected chi connectivity index (χ3v) is 2.66. The monoisotopic (exact) mass is 321 g/mol. The van der Waals surface area contributed by atoms with E-state index in [0.29, 0.717) is 11.3 Å². The Kier molecular flexibility index (Phi) is 5.83. The molecule has 0 N–H and O–H groups in total. The van der Waals surface area contributed by atoms with Crippen molar-refractivity contribution >= 4 is 28.0 Å². The average molecular weight is 322 g/mol. The summed E-state index contributed by atoms with van der Waals surface area (Å²) in [4.78, 5) is 11.6. The number of hydrogen-bond donors (Lipinski definition) is 0. The lowest BCUT2D eigenvalue weighted by Crippen LogP contribution is -2.06. The Morgan fingerprint density at radius 3 is 2.89 bits per heavy atom. The van der Waals surface area contributed by atoms with E-state index in [4.69, 9.17) is 14.7 Å². The summed E-state index contributed by atoms with van der Waals surface area (Å²) in [6.45, 7) is 3.50. The van der Waals surface area contributed by atoms with E-state index in [1.165, 1.54) is 19.3 Å². The predicted octanol–water partition coefficient (Wildman–Crippen LogP) is 3.09. The van der Waals surface area contributed by atoms with Crippen LogP contribution in [0.5, 0.6) is 5.75 Å². The normalized spacial score (nSPS) is 10.5. The number of esters is 1. The maximum Gasteiger partial charge on any atom is 0.349 e. The average Bonchev–Trinajstić information content (AvgIpc) is 2.42. The van der Waals surface area contributed by atoms with Crippen LogP contribution in [0.1, 0.15) is 5.56 Å². The largest absolute Gasteiger partial charge is 0.496 e. The van der Waals surface area contributed by atoms with Crippen LogP contribution in [0.2, 0.25) is 0 Å². The van der Waals surface area contributed by atoms with Gasteiger partial charge in [0.1, 0.15) is 24.0 Å². The molecule has 0 aromatic heterocycles. The van der Waals surface area contributed by atoms with Crippen molar-refractivity contribution in [3.05, 3.63) is 46.5 Å². The van der Waals surface area contributed by atoms with Crippen LogP contribution in [0.25, 0.3) is 6.08 Å². The van der Waals surface area contributed by atoms with Gasteiger partial charge in [0.05, 0.1) is 7.11 Å². The number of rotatable bonds is 5. The molecular formula is C14H12BrNO3. The Labute approximate surface area is 120 Å². The second kappa shape index (κ2) is 7.39. The van der Waals surface area contributed by atoms with E-state index >= 15 is 0 Å². The van der Waals surface area contributed by atoms with Crippen LogP contribution < -0.4 is 4.74 Å². The van der Waals surface area contributed by atoms with Crippen molar-refractivity contribution in [3.8, 4) is 11.8 Å². The zero-order valence-corrected chi connectivity index (χ0v) is 11.9. The van der Waals surface area contributed by atoms with Gasteiger partial charge in [0.25, 0.3) is 0 Å². The van der Waals surface area contributed by atoms with E-state index in [-0.39, 0.29) is 12.2 Å². The Balaban J connectivity index is 3.10. The number of ether oxygens (including phenoxy) is 2. The standard InChI is InChI=1S/C14H12BrNO3/c1-3-6-19-14(17)11(9-16)7-10-8-12(15)4-5-13(10)18-2/h3-5,7-8H,1,6H2,2H3/b11-7+. The van der Waals surface area contributed by atoms with Crippen molar-refractivity contribution in [2.24, 2.45) is 0 Å². The number of halogens is 1. The van der Waals surface area contributed by atoms with Crippen LogP contribution in [0.3, 0.4) is 0 Å². The highest BCUT2D eigenvalue weighted by atomic mass is 79.9. The second-order valence-electron chi connectivity index (χ2n) is 3.44. The van der Waals surface area contributed by atoms with Gasteiger partial charge in [0.15, 0.2) is 0 Å². The van der Waals surface area contributed by atoms with Crippen molar-refractivity contribution in [2.75, 3.05) is 13.7 Å². The van der Waals surface area contributed by atoms with E-state index in [1.54, 1.807) is 18.2 Å². The summed E-state index contributed by atoms with van der Waals surface area (Å²) in [6, 6.07) is 7.10. The van der Waals surface area contributed by atoms with Crippen LogP contribution in [0.4, 0.5) is 0 Å². The van der Waals surface area contributed by atoms with Crippen molar-refractivity contribution in [3.63, 3.8) is 0 Å². The summed E-state index contributed by atoms with van der Waals surface area (Å²) >= 11 is 3.32. The maximum absolute atomic E-state index is 11.6. The maximum atomic E-state index is 11.6. The number of hydrogen-bond acceptors (Lipinski definition) is 4. The number of benzene rings is 1. The lowest BCUT2D eigenvalue weighted by molar-refractivity contribution is -0.137. The second-order valence-corrected chi connectivity index (χ2v) is 4.36. The molecule has 0 saturated carbocycles. The molecule has 0 saturated heterocycles. The van der Waals surface area contributed by atoms with Crippen LogP contribution >= 0.6 is 15.9 Å². The lowest BCUT2D eigenvalue weighted by Gasteiger charge is -2.06. The Hall–Kier alpha value is -2.06. The minimum Gasteiger partial charge on any atom is -0.496 e. The number of nitriles is 1. The molecule has 0 aliphatic rings. The van der Waals surface area contributed by atoms with Gasteiger partial charge >= 0.3 is 5.97 Å². The molecule has 0 aliphatic carbocycles. The molecule has 0 aliphatic heterocycles. The van der Waals surface area contributed by atoms with Gasteiger partial charge in [-0.2, -0.15) is 5.26 Å². The molecular weight excluding hydrogens is 310 g/mol. The number of methoxy groups -OCH3 is 1. The summed E-state index contributed by atoms with van der Waals surface area (Å²) in [6.07, 6.45) is 2.86. The quantitative estimate of drug-likeness (QED) is 0.362. The van der Waals surface area contributed by atoms with E-state index in [9.17, 15) is 4.79 Å². The molecule has 0 atom stereocenters. The van der Waals surface area contributed by atoms with Gasteiger partial charge in [-0.15, -0.1) is 0 Å². The van der Waals surface area contributed by atoms with Gasteiger partial charge in [0, 0.05) is 10.0 Å². The van der Waals surface area contributed by atoms with Gasteiger partial charge in [-0.1, -0.05) is 28.6 Å². The van der Waals surface area contributed by atoms with Crippen LogP contribution in [0.15, 0.2) is 40.9 Å². The molecule has 0 heterocycles. The number of carbonyl (C=O) groups is 1. The fraction of sp³-hybridized carbons (Fsp3) is 0.143. The zero-order valence-electron chi connectivity index (χ0n) is 10.4. The molecule has 0 amide bonds. The van der Waals surface area contributed by atoms with Gasteiger partial charge in [-0.25, -0.2) is 4.79 Å². The molecule has 1 rings (SSSR count). The summed E-state index contributed by atoms with van der Waals surface area (Å²) < 4.78 is 10.8. The highest BCUT2D eigenvalue weighted by molar-refractivity contribution is 9.10. The Morgan fingerprint density at radius 1 is 1.58 bits per heavy atom. The van der Waals surface area contributed by atoms with Crippen molar-refractivity contribution in [1.29, 1.82) is 5.26 Å². The first-order valence-corrected chi connectivity index (χ1v) is 6.15. The molecule has 0 unspecified atom stereocenters. The Morgan fingerprint density at radius 2 is 2.32 bits per heavy atom. The summed E-state index contributed by atoms with van der Waals surface area (Å²) in [5, 5.41) is 8.99. The van der Waals surface area contributed by atoms with E-state index in [1.807, 2.05) is 6.07 Å². The number of carbonyl (C=O) groups excluding carboxylic acids is 1. The SMILES string of the molecule is C=CCOC(=O)/C(C#N)=C/c1cc(Br)ccc1OC. The van der Waals surface area contributed by atoms with Crippen molar-refractivity contribution in [2.45, 2.75) is 0 Å². The molecule has 4 nitrogen and oxygen atoms in total. The van der Waals surface area contributed by atoms with Gasteiger partial charge in [-0.05, 0) is 24.3 Å². The summed E-state index contributed by atoms with van der Waals surface area (Å²) in [5.74, 6) is -0.128. The highest BCUT2D eigenvalue weighted by Gasteiger charge is 2.11. The molecule has 5 heteroatoms. The van der Waals surface area contributed by atoms with Crippen LogP contribution in [0, 0.1) is 11.3 Å². The molecule has 1 aromatic carbocycles. The third kappa shape index (κ3) is 4.27. The summed E-state index contributed by atoms with van der Waals surface area (Å²) in [5.41, 5.74) is 0.516. The van der Waals surface area contributed by atoms with Crippen molar-refractivity contribution in [1.82, 2.24) is 0 Å². The first-order valence-electron chi connectivity index (χ1n) is 5.35. The number of nitrogens with zero attached hydrogens (tertiary/aromatic N) is 1. The summed E-state index contributed by atoms with van der Waals surface area (Å²) in [7, 11) is 1.52. The van der Waals surface area contributed by atoms with E-state index < -0.39 is 5.97 Å². The first-order chi connectivity index (χ1) is 9.12. The molecule has 19 heavy (non-hydrogen) atoms. The first kappa shape index (κ1) is 15.0. The van der Waals surface area contributed by atoms with E-state index in [0.717, 1.165) is 4.47 Å². The molecule has 1 aromatic rings. The third-order valence-electron chi connectivity index (χ3n) is 2.16. The van der Waals surface area contributed by atoms with Crippen LogP contribution in [-0.2, 0) is 9.53 Å². The molecule has 0 bridgehead atoms. The van der Waals surface area contributed by atoms with Crippen LogP contribution in [-0.4, -0.2) is 19.7 Å². The van der Waals surface area contributed by atoms with Gasteiger partial charge in [0.2, 0.25) is 0 Å². The fourth-order valence-electron chi connectivity index (χ4n) is 1.32. The smallest absolute Gasteiger partial charge is 0.349 e. The predicted molar refractivity (Wildman–Crippen MR) is 75.4 cm³/mol. The lowest BCUT2D eigenvalue weighted by atomic mass is 10.1. The minimum absolute atomic E-state index is 0.0630. The minimum atomic E-state index is -0.690. The molecule has 98 valence electrons.